The number of carboxylic acids is 1. The Kier molecular flexibility index (Phi) is 3.87. The van der Waals surface area contributed by atoms with Crippen molar-refractivity contribution in [3.8, 4) is 10.6 Å². The number of thiazole rings is 1. The van der Waals surface area contributed by atoms with Crippen molar-refractivity contribution in [2.45, 2.75) is 39.8 Å². The van der Waals surface area contributed by atoms with Crippen LogP contribution in [0.4, 0.5) is 0 Å². The van der Waals surface area contributed by atoms with E-state index in [9.17, 15) is 15.0 Å². The highest BCUT2D eigenvalue weighted by Crippen LogP contribution is 2.33. The number of hydrogen-bond acceptors (Lipinski definition) is 6. The van der Waals surface area contributed by atoms with Crippen LogP contribution in [0, 0.1) is 13.8 Å². The van der Waals surface area contributed by atoms with E-state index >= 15 is 0 Å². The summed E-state index contributed by atoms with van der Waals surface area (Å²) in [6, 6.07) is -0.382. The van der Waals surface area contributed by atoms with Gasteiger partial charge in [-0.25, -0.2) is 14.5 Å². The van der Waals surface area contributed by atoms with Gasteiger partial charge in [-0.05, 0) is 27.7 Å². The van der Waals surface area contributed by atoms with E-state index < -0.39 is 12.1 Å². The van der Waals surface area contributed by atoms with Crippen molar-refractivity contribution in [2.75, 3.05) is 0 Å². The Morgan fingerprint density at radius 2 is 2.00 bits per heavy atom. The summed E-state index contributed by atoms with van der Waals surface area (Å²) in [6.07, 6.45) is -0.675. The summed E-state index contributed by atoms with van der Waals surface area (Å²) in [6.45, 7) is 7.06. The molecule has 2 aromatic heterocycles. The third-order valence-corrected chi connectivity index (χ3v) is 4.18. The monoisotopic (exact) mass is 296 g/mol. The summed E-state index contributed by atoms with van der Waals surface area (Å²) in [5, 5.41) is 27.4. The maximum absolute atomic E-state index is 11.3. The van der Waals surface area contributed by atoms with Gasteiger partial charge in [-0.15, -0.1) is 16.4 Å². The number of aromatic nitrogens is 4. The van der Waals surface area contributed by atoms with Crippen LogP contribution in [0.3, 0.4) is 0 Å². The van der Waals surface area contributed by atoms with E-state index in [-0.39, 0.29) is 11.7 Å². The van der Waals surface area contributed by atoms with Crippen LogP contribution >= 0.6 is 11.3 Å². The molecule has 0 amide bonds. The van der Waals surface area contributed by atoms with Crippen LogP contribution in [0.1, 0.15) is 41.1 Å². The van der Waals surface area contributed by atoms with Crippen molar-refractivity contribution < 1.29 is 15.0 Å². The van der Waals surface area contributed by atoms with Crippen LogP contribution in [0.5, 0.6) is 0 Å². The van der Waals surface area contributed by atoms with Crippen molar-refractivity contribution in [3.05, 3.63) is 16.4 Å². The predicted molar refractivity (Wildman–Crippen MR) is 74.0 cm³/mol. The van der Waals surface area contributed by atoms with Crippen LogP contribution in [0.2, 0.25) is 0 Å². The fraction of sp³-hybridized carbons (Fsp3) is 0.500. The quantitative estimate of drug-likeness (QED) is 0.889. The SMILES string of the molecule is Cc1nc(C)c(-c2c(C(=O)O)nnn2C(C)C(C)O)s1. The molecule has 0 aliphatic heterocycles. The molecule has 108 valence electrons. The van der Waals surface area contributed by atoms with E-state index in [2.05, 4.69) is 15.3 Å². The molecule has 2 atom stereocenters. The number of aryl methyl sites for hydroxylation is 2. The maximum atomic E-state index is 11.3. The molecule has 7 nitrogen and oxygen atoms in total. The van der Waals surface area contributed by atoms with E-state index in [1.165, 1.54) is 16.0 Å². The second-order valence-corrected chi connectivity index (χ2v) is 5.87. The van der Waals surface area contributed by atoms with Crippen LogP contribution in [-0.2, 0) is 0 Å². The third-order valence-electron chi connectivity index (χ3n) is 3.10. The van der Waals surface area contributed by atoms with Crippen molar-refractivity contribution in [3.63, 3.8) is 0 Å². The van der Waals surface area contributed by atoms with Gasteiger partial charge in [-0.3, -0.25) is 0 Å². The lowest BCUT2D eigenvalue weighted by Crippen LogP contribution is -2.20. The van der Waals surface area contributed by atoms with E-state index in [4.69, 9.17) is 0 Å². The highest BCUT2D eigenvalue weighted by atomic mass is 32.1. The third kappa shape index (κ3) is 2.44. The topological polar surface area (TPSA) is 101 Å². The van der Waals surface area contributed by atoms with Gasteiger partial charge in [0.2, 0.25) is 0 Å². The Balaban J connectivity index is 2.68. The molecule has 8 heteroatoms. The highest BCUT2D eigenvalue weighted by molar-refractivity contribution is 7.15. The Hall–Kier alpha value is -1.80. The first-order chi connectivity index (χ1) is 9.32. The smallest absolute Gasteiger partial charge is 0.358 e. The van der Waals surface area contributed by atoms with E-state index in [0.29, 0.717) is 5.69 Å². The Bertz CT molecular complexity index is 647. The summed E-state index contributed by atoms with van der Waals surface area (Å²) in [5.74, 6) is -1.14. The standard InChI is InChI=1S/C12H16N4O3S/c1-5-11(20-8(4)13-5)10-9(12(18)19)14-15-16(10)6(2)7(3)17/h6-7,17H,1-4H3,(H,18,19). The molecule has 2 rings (SSSR count). The van der Waals surface area contributed by atoms with Gasteiger partial charge in [0.25, 0.3) is 0 Å². The normalized spacial score (nSPS) is 14.2. The lowest BCUT2D eigenvalue weighted by molar-refractivity contribution is 0.0691. The Labute approximate surface area is 119 Å². The number of aliphatic hydroxyl groups is 1. The zero-order valence-electron chi connectivity index (χ0n) is 11.7. The number of aromatic carboxylic acids is 1. The molecule has 2 N–H and O–H groups in total. The van der Waals surface area contributed by atoms with Crippen molar-refractivity contribution in [1.82, 2.24) is 20.0 Å². The molecule has 0 saturated heterocycles. The molecule has 0 aliphatic rings. The van der Waals surface area contributed by atoms with Gasteiger partial charge >= 0.3 is 5.97 Å². The molecule has 2 unspecified atom stereocenters. The molecular formula is C12H16N4O3S. The molecule has 0 radical (unpaired) electrons. The Morgan fingerprint density at radius 3 is 2.45 bits per heavy atom. The summed E-state index contributed by atoms with van der Waals surface area (Å²) in [4.78, 5) is 16.4. The lowest BCUT2D eigenvalue weighted by atomic mass is 10.2. The van der Waals surface area contributed by atoms with Gasteiger partial charge in [-0.1, -0.05) is 5.21 Å². The molecular weight excluding hydrogens is 280 g/mol. The molecule has 2 heterocycles. The molecule has 0 aromatic carbocycles. The van der Waals surface area contributed by atoms with Crippen LogP contribution in [0.15, 0.2) is 0 Å². The van der Waals surface area contributed by atoms with Crippen LogP contribution in [-0.4, -0.2) is 42.3 Å². The lowest BCUT2D eigenvalue weighted by Gasteiger charge is -2.17. The minimum atomic E-state index is -1.14. The first-order valence-electron chi connectivity index (χ1n) is 6.13. The first-order valence-corrected chi connectivity index (χ1v) is 6.95. The van der Waals surface area contributed by atoms with Gasteiger partial charge in [0.15, 0.2) is 5.69 Å². The molecule has 0 saturated carbocycles. The number of hydrogen-bond donors (Lipinski definition) is 2. The number of rotatable bonds is 4. The van der Waals surface area contributed by atoms with Crippen molar-refractivity contribution >= 4 is 17.3 Å². The second kappa shape index (κ2) is 5.29. The van der Waals surface area contributed by atoms with Gasteiger partial charge < -0.3 is 10.2 Å². The number of aliphatic hydroxyl groups excluding tert-OH is 1. The molecule has 2 aromatic rings. The maximum Gasteiger partial charge on any atom is 0.358 e. The molecule has 0 aliphatic carbocycles. The largest absolute Gasteiger partial charge is 0.476 e. The summed E-state index contributed by atoms with van der Waals surface area (Å²) < 4.78 is 1.45. The average molecular weight is 296 g/mol. The van der Waals surface area contributed by atoms with E-state index in [1.807, 2.05) is 13.8 Å². The number of nitrogens with zero attached hydrogens (tertiary/aromatic N) is 4. The minimum absolute atomic E-state index is 0.121. The van der Waals surface area contributed by atoms with Gasteiger partial charge in [0.05, 0.1) is 27.7 Å². The zero-order chi connectivity index (χ0) is 15.0. The first kappa shape index (κ1) is 14.6. The molecule has 20 heavy (non-hydrogen) atoms. The molecule has 0 fully saturated rings. The van der Waals surface area contributed by atoms with E-state index in [1.54, 1.807) is 13.8 Å². The average Bonchev–Trinajstić information content (AvgIpc) is 2.90. The highest BCUT2D eigenvalue weighted by Gasteiger charge is 2.27. The summed E-state index contributed by atoms with van der Waals surface area (Å²) in [5.41, 5.74) is 1.01. The number of carbonyl (C=O) groups is 1. The molecule has 0 bridgehead atoms. The van der Waals surface area contributed by atoms with Crippen molar-refractivity contribution in [1.29, 1.82) is 0 Å². The summed E-state index contributed by atoms with van der Waals surface area (Å²) >= 11 is 1.39. The van der Waals surface area contributed by atoms with Crippen LogP contribution < -0.4 is 0 Å². The van der Waals surface area contributed by atoms with E-state index in [0.717, 1.165) is 15.6 Å². The number of carboxylic acid groups (broad SMARTS) is 1. The molecule has 0 spiro atoms. The van der Waals surface area contributed by atoms with Crippen LogP contribution in [0.25, 0.3) is 10.6 Å². The summed E-state index contributed by atoms with van der Waals surface area (Å²) in [7, 11) is 0. The fourth-order valence-corrected chi connectivity index (χ4v) is 2.85. The van der Waals surface area contributed by atoms with Gasteiger partial charge in [-0.2, -0.15) is 0 Å². The Morgan fingerprint density at radius 1 is 1.35 bits per heavy atom. The second-order valence-electron chi connectivity index (χ2n) is 4.67. The predicted octanol–water partition coefficient (Wildman–Crippen LogP) is 1.66. The van der Waals surface area contributed by atoms with Gasteiger partial charge in [0.1, 0.15) is 5.69 Å². The minimum Gasteiger partial charge on any atom is -0.476 e. The van der Waals surface area contributed by atoms with Crippen molar-refractivity contribution in [2.24, 2.45) is 0 Å². The zero-order valence-corrected chi connectivity index (χ0v) is 12.5. The van der Waals surface area contributed by atoms with Gasteiger partial charge in [0, 0.05) is 0 Å². The fourth-order valence-electron chi connectivity index (χ4n) is 1.89.